The summed E-state index contributed by atoms with van der Waals surface area (Å²) in [5.41, 5.74) is 5.35. The van der Waals surface area contributed by atoms with E-state index >= 15 is 0 Å². The maximum absolute atomic E-state index is 6.13. The number of hydrogen-bond acceptors (Lipinski definition) is 3. The highest BCUT2D eigenvalue weighted by molar-refractivity contribution is 7.80. The smallest absolute Gasteiger partial charge is 0.190 e. The van der Waals surface area contributed by atoms with Gasteiger partial charge >= 0.3 is 0 Å². The summed E-state index contributed by atoms with van der Waals surface area (Å²) in [6, 6.07) is 9.95. The molecule has 0 spiro atoms. The summed E-state index contributed by atoms with van der Waals surface area (Å²) >= 11 is 13.1. The summed E-state index contributed by atoms with van der Waals surface area (Å²) in [5, 5.41) is 8.31. The molecule has 0 bridgehead atoms. The topological polar surface area (TPSA) is 37.0 Å². The van der Waals surface area contributed by atoms with Crippen LogP contribution in [0.1, 0.15) is 16.7 Å². The Labute approximate surface area is 149 Å². The molecule has 0 atom stereocenters. The molecule has 2 aromatic carbocycles. The van der Waals surface area contributed by atoms with Gasteiger partial charge in [0.25, 0.3) is 0 Å². The number of hydrogen-bond donors (Lipinski definition) is 2. The van der Waals surface area contributed by atoms with Crippen molar-refractivity contribution in [3.63, 3.8) is 0 Å². The Morgan fingerprint density at radius 2 is 1.87 bits per heavy atom. The molecule has 3 rings (SSSR count). The zero-order valence-corrected chi connectivity index (χ0v) is 15.4. The Morgan fingerprint density at radius 1 is 1.13 bits per heavy atom. The quantitative estimate of drug-likeness (QED) is 0.575. The molecular formula is C17H16ClN3S2. The van der Waals surface area contributed by atoms with Gasteiger partial charge in [-0.1, -0.05) is 29.0 Å². The third-order valence-electron chi connectivity index (χ3n) is 3.74. The van der Waals surface area contributed by atoms with E-state index in [1.807, 2.05) is 25.1 Å². The lowest BCUT2D eigenvalue weighted by Gasteiger charge is -2.11. The molecule has 2 N–H and O–H groups in total. The van der Waals surface area contributed by atoms with Crippen LogP contribution in [0.3, 0.4) is 0 Å². The lowest BCUT2D eigenvalue weighted by molar-refractivity contribution is 1.35. The van der Waals surface area contributed by atoms with Crippen LogP contribution in [0.2, 0.25) is 5.02 Å². The fourth-order valence-electron chi connectivity index (χ4n) is 2.23. The molecular weight excluding hydrogens is 346 g/mol. The highest BCUT2D eigenvalue weighted by Crippen LogP contribution is 2.29. The fourth-order valence-corrected chi connectivity index (χ4v) is 3.62. The van der Waals surface area contributed by atoms with Crippen LogP contribution in [0.15, 0.2) is 30.3 Å². The number of benzene rings is 2. The maximum atomic E-state index is 6.13. The molecule has 3 nitrogen and oxygen atoms in total. The van der Waals surface area contributed by atoms with Gasteiger partial charge < -0.3 is 10.6 Å². The van der Waals surface area contributed by atoms with E-state index in [1.165, 1.54) is 11.1 Å². The Kier molecular flexibility index (Phi) is 4.53. The second-order valence-corrected chi connectivity index (χ2v) is 7.26. The van der Waals surface area contributed by atoms with Gasteiger partial charge in [0, 0.05) is 10.7 Å². The van der Waals surface area contributed by atoms with E-state index in [-0.39, 0.29) is 0 Å². The predicted molar refractivity (Wildman–Crippen MR) is 105 cm³/mol. The highest BCUT2D eigenvalue weighted by Gasteiger charge is 2.09. The van der Waals surface area contributed by atoms with Crippen LogP contribution in [0.5, 0.6) is 0 Å². The lowest BCUT2D eigenvalue weighted by Crippen LogP contribution is -2.19. The second-order valence-electron chi connectivity index (χ2n) is 5.41. The van der Waals surface area contributed by atoms with Crippen LogP contribution >= 0.6 is 35.2 Å². The molecule has 23 heavy (non-hydrogen) atoms. The zero-order valence-electron chi connectivity index (χ0n) is 13.0. The minimum absolute atomic E-state index is 0.503. The van der Waals surface area contributed by atoms with Crippen molar-refractivity contribution in [3.8, 4) is 0 Å². The molecule has 3 aromatic rings. The number of thiazole rings is 1. The molecule has 0 amide bonds. The lowest BCUT2D eigenvalue weighted by atomic mass is 10.1. The Bertz CT molecular complexity index is 863. The first kappa shape index (κ1) is 16.2. The molecule has 0 fully saturated rings. The number of aryl methyl sites for hydroxylation is 2. The molecule has 1 heterocycles. The molecule has 0 aliphatic carbocycles. The van der Waals surface area contributed by atoms with Crippen molar-refractivity contribution in [1.82, 2.24) is 4.98 Å². The monoisotopic (exact) mass is 361 g/mol. The molecule has 0 saturated heterocycles. The number of aromatic nitrogens is 1. The van der Waals surface area contributed by atoms with Gasteiger partial charge in [0.15, 0.2) is 10.2 Å². The van der Waals surface area contributed by atoms with Gasteiger partial charge in [-0.2, -0.15) is 0 Å². The third kappa shape index (κ3) is 3.47. The largest absolute Gasteiger partial charge is 0.332 e. The van der Waals surface area contributed by atoms with Crippen LogP contribution < -0.4 is 10.6 Å². The van der Waals surface area contributed by atoms with Crippen LogP contribution in [0.4, 0.5) is 10.8 Å². The van der Waals surface area contributed by atoms with E-state index < -0.39 is 0 Å². The van der Waals surface area contributed by atoms with E-state index in [0.717, 1.165) is 26.6 Å². The summed E-state index contributed by atoms with van der Waals surface area (Å²) in [7, 11) is 0. The minimum Gasteiger partial charge on any atom is -0.332 e. The summed E-state index contributed by atoms with van der Waals surface area (Å²) in [6.45, 7) is 6.15. The SMILES string of the molecule is Cc1cc2nc(NC(=S)Nc3cccc(Cl)c3C)sc2cc1C. The summed E-state index contributed by atoms with van der Waals surface area (Å²) in [4.78, 5) is 4.59. The molecule has 118 valence electrons. The third-order valence-corrected chi connectivity index (χ3v) is 5.29. The zero-order chi connectivity index (χ0) is 16.6. The molecule has 0 aliphatic rings. The van der Waals surface area contributed by atoms with E-state index in [9.17, 15) is 0 Å². The van der Waals surface area contributed by atoms with Crippen molar-refractivity contribution in [2.24, 2.45) is 0 Å². The molecule has 6 heteroatoms. The summed E-state index contributed by atoms with van der Waals surface area (Å²) in [6.07, 6.45) is 0. The van der Waals surface area contributed by atoms with Gasteiger partial charge in [0.2, 0.25) is 0 Å². The van der Waals surface area contributed by atoms with Gasteiger partial charge in [-0.05, 0) is 73.9 Å². The summed E-state index contributed by atoms with van der Waals surface area (Å²) in [5.74, 6) is 0. The Balaban J connectivity index is 1.79. The first-order valence-corrected chi connectivity index (χ1v) is 8.75. The van der Waals surface area contributed by atoms with Crippen LogP contribution in [0, 0.1) is 20.8 Å². The van der Waals surface area contributed by atoms with E-state index in [4.69, 9.17) is 23.8 Å². The van der Waals surface area contributed by atoms with Gasteiger partial charge in [-0.3, -0.25) is 0 Å². The normalized spacial score (nSPS) is 10.8. The van der Waals surface area contributed by atoms with Crippen molar-refractivity contribution in [3.05, 3.63) is 52.0 Å². The first-order valence-electron chi connectivity index (χ1n) is 7.15. The number of thiocarbonyl (C=S) groups is 1. The van der Waals surface area contributed by atoms with Gasteiger partial charge in [-0.25, -0.2) is 4.98 Å². The van der Waals surface area contributed by atoms with Crippen LogP contribution in [-0.4, -0.2) is 10.1 Å². The number of halogens is 1. The molecule has 0 aliphatic heterocycles. The van der Waals surface area contributed by atoms with Crippen LogP contribution in [-0.2, 0) is 0 Å². The van der Waals surface area contributed by atoms with E-state index in [1.54, 1.807) is 11.3 Å². The van der Waals surface area contributed by atoms with Crippen molar-refractivity contribution in [2.75, 3.05) is 10.6 Å². The van der Waals surface area contributed by atoms with Crippen molar-refractivity contribution in [1.29, 1.82) is 0 Å². The second kappa shape index (κ2) is 6.43. The fraction of sp³-hybridized carbons (Fsp3) is 0.176. The number of rotatable bonds is 2. The number of nitrogens with one attached hydrogen (secondary N) is 2. The predicted octanol–water partition coefficient (Wildman–Crippen LogP) is 5.68. The Hall–Kier alpha value is -1.69. The van der Waals surface area contributed by atoms with Gasteiger partial charge in [0.05, 0.1) is 10.2 Å². The van der Waals surface area contributed by atoms with Crippen molar-refractivity contribution in [2.45, 2.75) is 20.8 Å². The summed E-state index contributed by atoms with van der Waals surface area (Å²) < 4.78 is 1.15. The van der Waals surface area contributed by atoms with Crippen molar-refractivity contribution >= 4 is 61.3 Å². The molecule has 0 saturated carbocycles. The first-order chi connectivity index (χ1) is 10.9. The van der Waals surface area contributed by atoms with Crippen LogP contribution in [0.25, 0.3) is 10.2 Å². The van der Waals surface area contributed by atoms with Gasteiger partial charge in [0.1, 0.15) is 0 Å². The number of fused-ring (bicyclic) bond motifs is 1. The molecule has 0 radical (unpaired) electrons. The van der Waals surface area contributed by atoms with E-state index in [2.05, 4.69) is 41.6 Å². The Morgan fingerprint density at radius 3 is 2.65 bits per heavy atom. The average Bonchev–Trinajstić information content (AvgIpc) is 2.85. The highest BCUT2D eigenvalue weighted by atomic mass is 35.5. The number of nitrogens with zero attached hydrogens (tertiary/aromatic N) is 1. The van der Waals surface area contributed by atoms with Gasteiger partial charge in [-0.15, -0.1) is 0 Å². The van der Waals surface area contributed by atoms with Crippen molar-refractivity contribution < 1.29 is 0 Å². The number of anilines is 2. The average molecular weight is 362 g/mol. The van der Waals surface area contributed by atoms with E-state index in [0.29, 0.717) is 10.1 Å². The molecule has 0 unspecified atom stereocenters. The minimum atomic E-state index is 0.503. The molecule has 1 aromatic heterocycles. The standard InChI is InChI=1S/C17H16ClN3S2/c1-9-7-14-15(8-10(9)2)23-17(20-14)21-16(22)19-13-6-4-5-12(18)11(13)3/h4-8H,1-3H3,(H2,19,20,21,22). The maximum Gasteiger partial charge on any atom is 0.190 e.